The number of nitrogens with zero attached hydrogens (tertiary/aromatic N) is 4. The van der Waals surface area contributed by atoms with Crippen molar-refractivity contribution in [3.63, 3.8) is 0 Å². The van der Waals surface area contributed by atoms with E-state index in [9.17, 15) is 0 Å². The number of aryl methyl sites for hydroxylation is 1. The zero-order chi connectivity index (χ0) is 28.3. The lowest BCUT2D eigenvalue weighted by atomic mass is 9.88. The zero-order valence-corrected chi connectivity index (χ0v) is 24.2. The van der Waals surface area contributed by atoms with Crippen molar-refractivity contribution in [3.8, 4) is 17.3 Å². The number of rotatable bonds is 4. The molecule has 0 radical (unpaired) electrons. The van der Waals surface area contributed by atoms with Crippen LogP contribution in [0.5, 0.6) is 11.5 Å². The van der Waals surface area contributed by atoms with Crippen molar-refractivity contribution in [2.24, 2.45) is 0 Å². The van der Waals surface area contributed by atoms with Crippen molar-refractivity contribution >= 4 is 27.5 Å². The van der Waals surface area contributed by atoms with Crippen molar-refractivity contribution in [1.82, 2.24) is 19.4 Å². The molecule has 5 heteroatoms. The van der Waals surface area contributed by atoms with Gasteiger partial charge in [-0.1, -0.05) is 63.3 Å². The number of aromatic nitrogens is 2. The predicted octanol–water partition coefficient (Wildman–Crippen LogP) is 8.53. The van der Waals surface area contributed by atoms with Gasteiger partial charge in [0.1, 0.15) is 23.1 Å². The Hall–Kier alpha value is -4.77. The SMILES string of the molecule is Cc1cccc2c3ccc(Oc4cccc(C5=CN(C)C6=CC=CCN56)c4)cc3n(-c3cc(C(C)(C)C)ccn3)c12. The molecule has 5 aromatic rings. The molecule has 0 unspecified atom stereocenters. The van der Waals surface area contributed by atoms with Gasteiger partial charge in [0.25, 0.3) is 0 Å². The van der Waals surface area contributed by atoms with Crippen LogP contribution in [0.2, 0.25) is 0 Å². The quantitative estimate of drug-likeness (QED) is 0.230. The molecular weight excluding hydrogens is 504 g/mol. The Morgan fingerprint density at radius 1 is 0.878 bits per heavy atom. The van der Waals surface area contributed by atoms with E-state index in [0.717, 1.165) is 34.9 Å². The van der Waals surface area contributed by atoms with Crippen LogP contribution in [0.3, 0.4) is 0 Å². The number of pyridine rings is 1. The fourth-order valence-corrected chi connectivity index (χ4v) is 5.96. The molecule has 0 atom stereocenters. The Balaban J connectivity index is 1.31. The second-order valence-corrected chi connectivity index (χ2v) is 12.0. The number of hydrogen-bond donors (Lipinski definition) is 0. The molecule has 0 N–H and O–H groups in total. The molecule has 4 heterocycles. The van der Waals surface area contributed by atoms with Gasteiger partial charge in [-0.25, -0.2) is 4.98 Å². The highest BCUT2D eigenvalue weighted by molar-refractivity contribution is 6.10. The van der Waals surface area contributed by atoms with Crippen LogP contribution in [-0.4, -0.2) is 32.9 Å². The van der Waals surface area contributed by atoms with Crippen molar-refractivity contribution in [3.05, 3.63) is 126 Å². The Morgan fingerprint density at radius 2 is 1.71 bits per heavy atom. The highest BCUT2D eigenvalue weighted by Gasteiger charge is 2.26. The first kappa shape index (κ1) is 25.2. The average molecular weight is 539 g/mol. The molecule has 0 amide bonds. The first-order chi connectivity index (χ1) is 19.8. The van der Waals surface area contributed by atoms with Gasteiger partial charge in [-0.05, 0) is 65.9 Å². The van der Waals surface area contributed by atoms with Crippen LogP contribution in [0.25, 0.3) is 33.3 Å². The summed E-state index contributed by atoms with van der Waals surface area (Å²) in [5.41, 5.74) is 7.05. The van der Waals surface area contributed by atoms with Gasteiger partial charge >= 0.3 is 0 Å². The highest BCUT2D eigenvalue weighted by atomic mass is 16.5. The van der Waals surface area contributed by atoms with Gasteiger partial charge in [0.2, 0.25) is 0 Å². The molecule has 0 saturated heterocycles. The molecule has 0 saturated carbocycles. The van der Waals surface area contributed by atoms with Crippen LogP contribution in [0.4, 0.5) is 0 Å². The van der Waals surface area contributed by atoms with E-state index in [0.29, 0.717) is 0 Å². The van der Waals surface area contributed by atoms with Gasteiger partial charge in [-0.15, -0.1) is 0 Å². The van der Waals surface area contributed by atoms with Gasteiger partial charge < -0.3 is 14.5 Å². The second kappa shape index (κ2) is 9.41. The van der Waals surface area contributed by atoms with Crippen molar-refractivity contribution < 1.29 is 4.74 Å². The van der Waals surface area contributed by atoms with Crippen LogP contribution in [0.15, 0.2) is 109 Å². The maximum absolute atomic E-state index is 6.52. The van der Waals surface area contributed by atoms with Gasteiger partial charge in [0.15, 0.2) is 0 Å². The fraction of sp³-hybridized carbons (Fsp3) is 0.194. The molecule has 41 heavy (non-hydrogen) atoms. The van der Waals surface area contributed by atoms with E-state index in [2.05, 4.69) is 140 Å². The minimum absolute atomic E-state index is 0.0232. The summed E-state index contributed by atoms with van der Waals surface area (Å²) in [4.78, 5) is 9.34. The monoisotopic (exact) mass is 538 g/mol. The Bertz CT molecular complexity index is 1920. The lowest BCUT2D eigenvalue weighted by molar-refractivity contribution is 0.426. The summed E-state index contributed by atoms with van der Waals surface area (Å²) in [6, 6.07) is 25.6. The lowest BCUT2D eigenvalue weighted by Gasteiger charge is -2.26. The first-order valence-electron chi connectivity index (χ1n) is 14.2. The van der Waals surface area contributed by atoms with E-state index < -0.39 is 0 Å². The van der Waals surface area contributed by atoms with Gasteiger partial charge in [0.05, 0.1) is 16.7 Å². The van der Waals surface area contributed by atoms with Crippen LogP contribution in [0.1, 0.15) is 37.5 Å². The lowest BCUT2D eigenvalue weighted by Crippen LogP contribution is -2.24. The highest BCUT2D eigenvalue weighted by Crippen LogP contribution is 2.38. The number of hydrogen-bond acceptors (Lipinski definition) is 4. The first-order valence-corrected chi connectivity index (χ1v) is 14.2. The molecule has 2 aromatic heterocycles. The van der Waals surface area contributed by atoms with Crippen LogP contribution in [0, 0.1) is 6.92 Å². The Morgan fingerprint density at radius 3 is 2.56 bits per heavy atom. The van der Waals surface area contributed by atoms with Crippen molar-refractivity contribution in [2.75, 3.05) is 13.6 Å². The topological polar surface area (TPSA) is 33.5 Å². The molecule has 2 aliphatic rings. The summed E-state index contributed by atoms with van der Waals surface area (Å²) in [5, 5.41) is 2.40. The molecule has 5 nitrogen and oxygen atoms in total. The minimum atomic E-state index is 0.0232. The fourth-order valence-electron chi connectivity index (χ4n) is 5.96. The summed E-state index contributed by atoms with van der Waals surface area (Å²) in [5.74, 6) is 3.71. The number of fused-ring (bicyclic) bond motifs is 4. The van der Waals surface area contributed by atoms with Crippen LogP contribution < -0.4 is 4.74 Å². The summed E-state index contributed by atoms with van der Waals surface area (Å²) in [6.45, 7) is 9.74. The normalized spacial score (nSPS) is 15.0. The van der Waals surface area contributed by atoms with E-state index in [-0.39, 0.29) is 5.41 Å². The molecule has 0 bridgehead atoms. The molecule has 3 aromatic carbocycles. The van der Waals surface area contributed by atoms with Gasteiger partial charge in [0, 0.05) is 48.4 Å². The standard InChI is InChI=1S/C36H34N4O/c1-24-10-8-13-30-29-16-15-28(22-31(29)40(35(24)30)33-21-26(17-18-37-33)36(2,3)4)41-27-12-9-11-25(20-27)32-23-38(5)34-14-6-7-19-39(32)34/h6-18,20-23H,19H2,1-5H3. The summed E-state index contributed by atoms with van der Waals surface area (Å²) in [7, 11) is 2.09. The maximum atomic E-state index is 6.52. The number of para-hydroxylation sites is 1. The van der Waals surface area contributed by atoms with E-state index in [4.69, 9.17) is 9.72 Å². The third-order valence-electron chi connectivity index (χ3n) is 8.08. The van der Waals surface area contributed by atoms with E-state index in [1.807, 2.05) is 12.3 Å². The largest absolute Gasteiger partial charge is 0.457 e. The van der Waals surface area contributed by atoms with Crippen molar-refractivity contribution in [2.45, 2.75) is 33.1 Å². The molecule has 204 valence electrons. The van der Waals surface area contributed by atoms with Crippen molar-refractivity contribution in [1.29, 1.82) is 0 Å². The van der Waals surface area contributed by atoms with Gasteiger partial charge in [-0.3, -0.25) is 4.57 Å². The molecule has 0 spiro atoms. The third-order valence-corrected chi connectivity index (χ3v) is 8.08. The van der Waals surface area contributed by atoms with E-state index in [1.54, 1.807) is 0 Å². The molecule has 7 rings (SSSR count). The molecule has 2 aliphatic heterocycles. The summed E-state index contributed by atoms with van der Waals surface area (Å²) in [6.07, 6.45) is 10.5. The van der Waals surface area contributed by atoms with Gasteiger partial charge in [-0.2, -0.15) is 0 Å². The van der Waals surface area contributed by atoms with Crippen LogP contribution in [-0.2, 0) is 5.41 Å². The third kappa shape index (κ3) is 4.29. The maximum Gasteiger partial charge on any atom is 0.137 e. The summed E-state index contributed by atoms with van der Waals surface area (Å²) < 4.78 is 8.81. The smallest absolute Gasteiger partial charge is 0.137 e. The zero-order valence-electron chi connectivity index (χ0n) is 24.2. The van der Waals surface area contributed by atoms with E-state index >= 15 is 0 Å². The predicted molar refractivity (Wildman–Crippen MR) is 168 cm³/mol. The number of allylic oxidation sites excluding steroid dienone is 2. The van der Waals surface area contributed by atoms with Crippen LogP contribution >= 0.6 is 0 Å². The Kier molecular flexibility index (Phi) is 5.79. The Labute approximate surface area is 241 Å². The molecule has 0 fully saturated rings. The molecule has 0 aliphatic carbocycles. The number of ether oxygens (including phenoxy) is 1. The average Bonchev–Trinajstić information content (AvgIpc) is 3.48. The molecular formula is C36H34N4O. The number of benzene rings is 3. The van der Waals surface area contributed by atoms with E-state index in [1.165, 1.54) is 38.9 Å². The summed E-state index contributed by atoms with van der Waals surface area (Å²) >= 11 is 0. The second-order valence-electron chi connectivity index (χ2n) is 12.0. The minimum Gasteiger partial charge on any atom is -0.457 e.